The number of fused-ring (bicyclic) bond motifs is 1. The molecule has 0 unspecified atom stereocenters. The molecule has 5 nitrogen and oxygen atoms in total. The van der Waals surface area contributed by atoms with Crippen molar-refractivity contribution in [1.82, 2.24) is 5.16 Å². The Bertz CT molecular complexity index is 650. The van der Waals surface area contributed by atoms with Crippen molar-refractivity contribution in [3.05, 3.63) is 35.3 Å². The number of hydrogen-bond acceptors (Lipinski definition) is 4. The fourth-order valence-corrected chi connectivity index (χ4v) is 2.12. The quantitative estimate of drug-likeness (QED) is 0.901. The number of ether oxygens (including phenoxy) is 1. The van der Waals surface area contributed by atoms with Gasteiger partial charge in [-0.1, -0.05) is 11.2 Å². The van der Waals surface area contributed by atoms with Gasteiger partial charge in [0.15, 0.2) is 11.5 Å². The molecule has 1 aromatic heterocycles. The number of aromatic nitrogens is 1. The predicted molar refractivity (Wildman–Crippen MR) is 62.7 cm³/mol. The van der Waals surface area contributed by atoms with E-state index in [0.717, 1.165) is 18.4 Å². The highest BCUT2D eigenvalue weighted by Crippen LogP contribution is 2.38. The number of rotatable bonds is 2. The van der Waals surface area contributed by atoms with Crippen LogP contribution in [0.15, 0.2) is 22.7 Å². The summed E-state index contributed by atoms with van der Waals surface area (Å²) < 4.78 is 24.4. The maximum atomic E-state index is 14.0. The lowest BCUT2D eigenvalue weighted by atomic mass is 10.0. The maximum absolute atomic E-state index is 14.0. The maximum Gasteiger partial charge on any atom is 0.358 e. The molecule has 2 aromatic rings. The van der Waals surface area contributed by atoms with Crippen LogP contribution in [0.3, 0.4) is 0 Å². The molecule has 0 radical (unpaired) electrons. The molecule has 0 spiro atoms. The van der Waals surface area contributed by atoms with Crippen LogP contribution in [0.2, 0.25) is 0 Å². The minimum absolute atomic E-state index is 0.0636. The van der Waals surface area contributed by atoms with Gasteiger partial charge in [-0.25, -0.2) is 9.18 Å². The highest BCUT2D eigenvalue weighted by Gasteiger charge is 2.23. The first-order valence-electron chi connectivity index (χ1n) is 5.81. The molecule has 0 saturated heterocycles. The van der Waals surface area contributed by atoms with Crippen molar-refractivity contribution in [3.8, 4) is 17.1 Å². The Morgan fingerprint density at radius 2 is 2.26 bits per heavy atom. The van der Waals surface area contributed by atoms with Crippen LogP contribution >= 0.6 is 0 Å². The van der Waals surface area contributed by atoms with Crippen LogP contribution in [0.25, 0.3) is 11.3 Å². The summed E-state index contributed by atoms with van der Waals surface area (Å²) >= 11 is 0. The summed E-state index contributed by atoms with van der Waals surface area (Å²) in [4.78, 5) is 10.8. The molecular formula is C13H10FNO4. The van der Waals surface area contributed by atoms with Gasteiger partial charge >= 0.3 is 5.97 Å². The molecule has 1 aliphatic heterocycles. The Hall–Kier alpha value is -2.37. The van der Waals surface area contributed by atoms with Crippen molar-refractivity contribution >= 4 is 5.97 Å². The Morgan fingerprint density at radius 1 is 1.42 bits per heavy atom. The number of aryl methyl sites for hydroxylation is 1. The van der Waals surface area contributed by atoms with Gasteiger partial charge in [-0.2, -0.15) is 0 Å². The number of halogens is 1. The number of hydrogen-bond donors (Lipinski definition) is 1. The van der Waals surface area contributed by atoms with E-state index in [4.69, 9.17) is 14.4 Å². The van der Waals surface area contributed by atoms with Crippen molar-refractivity contribution in [3.63, 3.8) is 0 Å². The molecule has 0 amide bonds. The van der Waals surface area contributed by atoms with E-state index >= 15 is 0 Å². The molecular weight excluding hydrogens is 253 g/mol. The van der Waals surface area contributed by atoms with E-state index in [0.29, 0.717) is 12.4 Å². The van der Waals surface area contributed by atoms with Gasteiger partial charge < -0.3 is 14.4 Å². The monoisotopic (exact) mass is 263 g/mol. The second-order valence-corrected chi connectivity index (χ2v) is 4.24. The fourth-order valence-electron chi connectivity index (χ4n) is 2.12. The highest BCUT2D eigenvalue weighted by atomic mass is 19.1. The lowest BCUT2D eigenvalue weighted by molar-refractivity contribution is 0.0686. The van der Waals surface area contributed by atoms with Crippen molar-refractivity contribution in [2.24, 2.45) is 0 Å². The second-order valence-electron chi connectivity index (χ2n) is 4.24. The van der Waals surface area contributed by atoms with Crippen LogP contribution in [0.4, 0.5) is 4.39 Å². The number of nitrogens with zero attached hydrogens (tertiary/aromatic N) is 1. The number of aromatic carboxylic acids is 1. The minimum Gasteiger partial charge on any atom is -0.492 e. The molecule has 0 saturated carbocycles. The normalized spacial score (nSPS) is 13.7. The number of carboxylic acid groups (broad SMARTS) is 1. The minimum atomic E-state index is -1.22. The van der Waals surface area contributed by atoms with Crippen LogP contribution in [-0.2, 0) is 6.42 Å². The summed E-state index contributed by atoms with van der Waals surface area (Å²) in [7, 11) is 0. The van der Waals surface area contributed by atoms with Crippen LogP contribution < -0.4 is 4.74 Å². The van der Waals surface area contributed by atoms with Crippen molar-refractivity contribution in [2.75, 3.05) is 6.61 Å². The van der Waals surface area contributed by atoms with E-state index in [1.807, 2.05) is 0 Å². The molecule has 0 fully saturated rings. The first-order valence-corrected chi connectivity index (χ1v) is 5.81. The van der Waals surface area contributed by atoms with E-state index < -0.39 is 11.8 Å². The first-order chi connectivity index (χ1) is 9.16. The molecule has 0 aliphatic carbocycles. The molecule has 98 valence electrons. The van der Waals surface area contributed by atoms with Crippen LogP contribution in [0, 0.1) is 5.82 Å². The molecule has 19 heavy (non-hydrogen) atoms. The first kappa shape index (κ1) is 11.7. The van der Waals surface area contributed by atoms with Gasteiger partial charge in [-0.15, -0.1) is 0 Å². The average Bonchev–Trinajstić information content (AvgIpc) is 2.88. The third-order valence-electron chi connectivity index (χ3n) is 3.00. The van der Waals surface area contributed by atoms with Crippen LogP contribution in [-0.4, -0.2) is 22.8 Å². The van der Waals surface area contributed by atoms with E-state index in [-0.39, 0.29) is 17.0 Å². The lowest BCUT2D eigenvalue weighted by Crippen LogP contribution is -2.10. The van der Waals surface area contributed by atoms with Gasteiger partial charge in [0, 0.05) is 6.07 Å². The number of benzene rings is 1. The lowest BCUT2D eigenvalue weighted by Gasteiger charge is -2.19. The van der Waals surface area contributed by atoms with E-state index in [1.54, 1.807) is 6.07 Å². The topological polar surface area (TPSA) is 72.6 Å². The summed E-state index contributed by atoms with van der Waals surface area (Å²) in [5, 5.41) is 12.2. The average molecular weight is 263 g/mol. The zero-order valence-electron chi connectivity index (χ0n) is 9.85. The van der Waals surface area contributed by atoms with E-state index in [9.17, 15) is 9.18 Å². The SMILES string of the molecule is O=C(O)c1cc(-c2c(F)ccc3c2OCCC3)on1. The third-order valence-corrected chi connectivity index (χ3v) is 3.00. The smallest absolute Gasteiger partial charge is 0.358 e. The third kappa shape index (κ3) is 1.95. The predicted octanol–water partition coefficient (Wildman–Crippen LogP) is 2.50. The molecule has 3 rings (SSSR count). The Morgan fingerprint density at radius 3 is 3.00 bits per heavy atom. The van der Waals surface area contributed by atoms with Crippen molar-refractivity contribution in [2.45, 2.75) is 12.8 Å². The van der Waals surface area contributed by atoms with Gasteiger partial charge in [-0.3, -0.25) is 0 Å². The van der Waals surface area contributed by atoms with E-state index in [2.05, 4.69) is 5.16 Å². The zero-order valence-corrected chi connectivity index (χ0v) is 9.85. The van der Waals surface area contributed by atoms with E-state index in [1.165, 1.54) is 12.1 Å². The molecule has 0 bridgehead atoms. The zero-order chi connectivity index (χ0) is 13.4. The van der Waals surface area contributed by atoms with Crippen LogP contribution in [0.5, 0.6) is 5.75 Å². The highest BCUT2D eigenvalue weighted by molar-refractivity contribution is 5.87. The molecule has 1 N–H and O–H groups in total. The van der Waals surface area contributed by atoms with Gasteiger partial charge in [0.1, 0.15) is 11.6 Å². The largest absolute Gasteiger partial charge is 0.492 e. The molecule has 1 aromatic carbocycles. The molecule has 1 aliphatic rings. The fraction of sp³-hybridized carbons (Fsp3) is 0.231. The van der Waals surface area contributed by atoms with Gasteiger partial charge in [0.25, 0.3) is 0 Å². The second kappa shape index (κ2) is 4.38. The number of carbonyl (C=O) groups is 1. The summed E-state index contributed by atoms with van der Waals surface area (Å²) in [6.45, 7) is 0.503. The van der Waals surface area contributed by atoms with Gasteiger partial charge in [0.2, 0.25) is 0 Å². The van der Waals surface area contributed by atoms with Crippen molar-refractivity contribution < 1.29 is 23.6 Å². The summed E-state index contributed by atoms with van der Waals surface area (Å²) in [5.41, 5.74) is 0.760. The molecule has 6 heteroatoms. The summed E-state index contributed by atoms with van der Waals surface area (Å²) in [6, 6.07) is 4.19. The molecule has 0 atom stereocenters. The number of carboxylic acids is 1. The van der Waals surface area contributed by atoms with Crippen LogP contribution in [0.1, 0.15) is 22.5 Å². The van der Waals surface area contributed by atoms with Gasteiger partial charge in [0.05, 0.1) is 12.2 Å². The van der Waals surface area contributed by atoms with Crippen molar-refractivity contribution in [1.29, 1.82) is 0 Å². The van der Waals surface area contributed by atoms with Gasteiger partial charge in [-0.05, 0) is 24.5 Å². The Balaban J connectivity index is 2.15. The summed E-state index contributed by atoms with van der Waals surface area (Å²) in [6.07, 6.45) is 1.66. The molecule has 2 heterocycles. The Kier molecular flexibility index (Phi) is 2.70. The standard InChI is InChI=1S/C13H10FNO4/c14-8-4-3-7-2-1-5-18-12(7)11(8)10-6-9(13(16)17)15-19-10/h3-4,6H,1-2,5H2,(H,16,17). The Labute approximate surface area is 107 Å². The summed E-state index contributed by atoms with van der Waals surface area (Å²) in [5.74, 6) is -1.26.